The maximum Gasteiger partial charge on any atom is 0.319 e. The molecule has 0 aliphatic carbocycles. The molecule has 0 saturated carbocycles. The van der Waals surface area contributed by atoms with Crippen molar-refractivity contribution in [1.82, 2.24) is 5.32 Å². The van der Waals surface area contributed by atoms with Crippen molar-refractivity contribution in [3.8, 4) is 5.75 Å². The van der Waals surface area contributed by atoms with Gasteiger partial charge in [-0.25, -0.2) is 9.18 Å². The van der Waals surface area contributed by atoms with E-state index in [9.17, 15) is 9.18 Å². The third-order valence-corrected chi connectivity index (χ3v) is 2.85. The summed E-state index contributed by atoms with van der Waals surface area (Å²) in [4.78, 5) is 11.7. The zero-order valence-corrected chi connectivity index (χ0v) is 11.7. The summed E-state index contributed by atoms with van der Waals surface area (Å²) < 4.78 is 18.3. The largest absolute Gasteiger partial charge is 0.492 e. The Morgan fingerprint density at radius 2 is 2.00 bits per heavy atom. The molecule has 4 nitrogen and oxygen atoms in total. The van der Waals surface area contributed by atoms with Gasteiger partial charge >= 0.3 is 6.03 Å². The molecule has 2 rings (SSSR count). The predicted molar refractivity (Wildman–Crippen MR) is 80.1 cm³/mol. The van der Waals surface area contributed by atoms with Crippen LogP contribution in [0.5, 0.6) is 5.75 Å². The van der Waals surface area contributed by atoms with E-state index in [0.717, 1.165) is 11.3 Å². The molecule has 110 valence electrons. The van der Waals surface area contributed by atoms with E-state index in [4.69, 9.17) is 4.74 Å². The molecule has 0 unspecified atom stereocenters. The molecule has 2 N–H and O–H groups in total. The maximum absolute atomic E-state index is 12.9. The van der Waals surface area contributed by atoms with Gasteiger partial charge in [-0.1, -0.05) is 24.3 Å². The summed E-state index contributed by atoms with van der Waals surface area (Å²) in [5, 5.41) is 5.43. The molecule has 0 atom stereocenters. The van der Waals surface area contributed by atoms with Crippen LogP contribution < -0.4 is 15.4 Å². The topological polar surface area (TPSA) is 50.4 Å². The fraction of sp³-hybridized carbons (Fsp3) is 0.188. The number of hydrogen-bond donors (Lipinski definition) is 2. The molecule has 0 bridgehead atoms. The van der Waals surface area contributed by atoms with Gasteiger partial charge in [-0.3, -0.25) is 0 Å². The van der Waals surface area contributed by atoms with Crippen LogP contribution in [0.4, 0.5) is 14.9 Å². The second-order valence-electron chi connectivity index (χ2n) is 4.50. The quantitative estimate of drug-likeness (QED) is 0.829. The Kier molecular flexibility index (Phi) is 5.15. The number of ether oxygens (including phenoxy) is 1. The summed E-state index contributed by atoms with van der Waals surface area (Å²) in [6.07, 6.45) is 0. The number of para-hydroxylation sites is 1. The molecule has 5 heteroatoms. The van der Waals surface area contributed by atoms with E-state index in [2.05, 4.69) is 10.6 Å². The van der Waals surface area contributed by atoms with Crippen molar-refractivity contribution in [3.63, 3.8) is 0 Å². The Bertz CT molecular complexity index is 617. The first-order valence-electron chi connectivity index (χ1n) is 6.64. The number of amides is 2. The minimum absolute atomic E-state index is 0.268. The number of aryl methyl sites for hydroxylation is 1. The van der Waals surface area contributed by atoms with Crippen LogP contribution in [0, 0.1) is 12.7 Å². The van der Waals surface area contributed by atoms with Gasteiger partial charge in [0.1, 0.15) is 18.2 Å². The average Bonchev–Trinajstić information content (AvgIpc) is 2.46. The van der Waals surface area contributed by atoms with Crippen LogP contribution in [0.1, 0.15) is 5.56 Å². The second kappa shape index (κ2) is 7.28. The molecule has 0 radical (unpaired) electrons. The molecule has 0 spiro atoms. The number of carbonyl (C=O) groups is 1. The molecule has 0 aliphatic rings. The third-order valence-electron chi connectivity index (χ3n) is 2.85. The van der Waals surface area contributed by atoms with E-state index >= 15 is 0 Å². The lowest BCUT2D eigenvalue weighted by atomic mass is 10.2. The van der Waals surface area contributed by atoms with Gasteiger partial charge in [0, 0.05) is 11.8 Å². The van der Waals surface area contributed by atoms with Crippen LogP contribution in [-0.4, -0.2) is 19.2 Å². The van der Waals surface area contributed by atoms with Gasteiger partial charge in [0.2, 0.25) is 0 Å². The number of halogens is 1. The molecular formula is C16H17FN2O2. The van der Waals surface area contributed by atoms with Gasteiger partial charge in [-0.05, 0) is 30.7 Å². The molecule has 0 heterocycles. The lowest BCUT2D eigenvalue weighted by Crippen LogP contribution is -2.32. The number of anilines is 1. The fourth-order valence-corrected chi connectivity index (χ4v) is 1.77. The Balaban J connectivity index is 1.71. The summed E-state index contributed by atoms with van der Waals surface area (Å²) in [5.41, 5.74) is 1.75. The molecule has 0 aliphatic heterocycles. The molecule has 21 heavy (non-hydrogen) atoms. The van der Waals surface area contributed by atoms with Crippen molar-refractivity contribution in [2.45, 2.75) is 6.92 Å². The monoisotopic (exact) mass is 288 g/mol. The minimum Gasteiger partial charge on any atom is -0.492 e. The molecule has 0 saturated heterocycles. The summed E-state index contributed by atoms with van der Waals surface area (Å²) in [6.45, 7) is 2.52. The van der Waals surface area contributed by atoms with Crippen LogP contribution in [0.15, 0.2) is 48.5 Å². The second-order valence-corrected chi connectivity index (χ2v) is 4.50. The van der Waals surface area contributed by atoms with Crippen LogP contribution in [-0.2, 0) is 0 Å². The van der Waals surface area contributed by atoms with Crippen molar-refractivity contribution in [2.24, 2.45) is 0 Å². The standard InChI is InChI=1S/C16H17FN2O2/c1-12-5-2-3-8-15(12)19-16(20)18-9-10-21-14-7-4-6-13(17)11-14/h2-8,11H,9-10H2,1H3,(H2,18,19,20). The molecule has 0 fully saturated rings. The highest BCUT2D eigenvalue weighted by Crippen LogP contribution is 2.13. The van der Waals surface area contributed by atoms with Crippen molar-refractivity contribution < 1.29 is 13.9 Å². The first-order chi connectivity index (χ1) is 10.1. The van der Waals surface area contributed by atoms with E-state index in [-0.39, 0.29) is 18.5 Å². The lowest BCUT2D eigenvalue weighted by Gasteiger charge is -2.10. The first kappa shape index (κ1) is 14.8. The maximum atomic E-state index is 12.9. The molecule has 2 aromatic rings. The first-order valence-corrected chi connectivity index (χ1v) is 6.64. The number of rotatable bonds is 5. The Morgan fingerprint density at radius 1 is 1.19 bits per heavy atom. The van der Waals surface area contributed by atoms with E-state index < -0.39 is 0 Å². The van der Waals surface area contributed by atoms with Gasteiger partial charge in [0.25, 0.3) is 0 Å². The van der Waals surface area contributed by atoms with Gasteiger partial charge in [0.15, 0.2) is 0 Å². The van der Waals surface area contributed by atoms with E-state index in [0.29, 0.717) is 12.3 Å². The van der Waals surface area contributed by atoms with Crippen LogP contribution >= 0.6 is 0 Å². The van der Waals surface area contributed by atoms with Crippen LogP contribution in [0.25, 0.3) is 0 Å². The van der Waals surface area contributed by atoms with Crippen LogP contribution in [0.2, 0.25) is 0 Å². The number of carbonyl (C=O) groups excluding carboxylic acids is 1. The summed E-state index contributed by atoms with van der Waals surface area (Å²) >= 11 is 0. The third kappa shape index (κ3) is 4.80. The Morgan fingerprint density at radius 3 is 2.76 bits per heavy atom. The summed E-state index contributed by atoms with van der Waals surface area (Å²) in [5.74, 6) is 0.0915. The molecule has 0 aromatic heterocycles. The van der Waals surface area contributed by atoms with E-state index in [1.165, 1.54) is 12.1 Å². The molecular weight excluding hydrogens is 271 g/mol. The number of benzene rings is 2. The Labute approximate surface area is 122 Å². The lowest BCUT2D eigenvalue weighted by molar-refractivity contribution is 0.247. The van der Waals surface area contributed by atoms with Crippen molar-refractivity contribution >= 4 is 11.7 Å². The van der Waals surface area contributed by atoms with E-state index in [1.807, 2.05) is 31.2 Å². The smallest absolute Gasteiger partial charge is 0.319 e. The summed E-state index contributed by atoms with van der Waals surface area (Å²) in [6, 6.07) is 13.1. The van der Waals surface area contributed by atoms with E-state index in [1.54, 1.807) is 12.1 Å². The fourth-order valence-electron chi connectivity index (χ4n) is 1.77. The number of urea groups is 1. The van der Waals surface area contributed by atoms with Crippen LogP contribution in [0.3, 0.4) is 0 Å². The van der Waals surface area contributed by atoms with Gasteiger partial charge in [-0.2, -0.15) is 0 Å². The highest BCUT2D eigenvalue weighted by molar-refractivity contribution is 5.89. The van der Waals surface area contributed by atoms with Gasteiger partial charge in [0.05, 0.1) is 6.54 Å². The van der Waals surface area contributed by atoms with Crippen molar-refractivity contribution in [1.29, 1.82) is 0 Å². The average molecular weight is 288 g/mol. The normalized spacial score (nSPS) is 10.0. The Hall–Kier alpha value is -2.56. The number of nitrogens with one attached hydrogen (secondary N) is 2. The SMILES string of the molecule is Cc1ccccc1NC(=O)NCCOc1cccc(F)c1. The number of hydrogen-bond acceptors (Lipinski definition) is 2. The highest BCUT2D eigenvalue weighted by atomic mass is 19.1. The van der Waals surface area contributed by atoms with Crippen molar-refractivity contribution in [2.75, 3.05) is 18.5 Å². The summed E-state index contributed by atoms with van der Waals surface area (Å²) in [7, 11) is 0. The highest BCUT2D eigenvalue weighted by Gasteiger charge is 2.03. The predicted octanol–water partition coefficient (Wildman–Crippen LogP) is 3.33. The zero-order chi connectivity index (χ0) is 15.1. The van der Waals surface area contributed by atoms with Crippen molar-refractivity contribution in [3.05, 3.63) is 59.9 Å². The van der Waals surface area contributed by atoms with Gasteiger partial charge < -0.3 is 15.4 Å². The zero-order valence-electron chi connectivity index (χ0n) is 11.7. The van der Waals surface area contributed by atoms with Gasteiger partial charge in [-0.15, -0.1) is 0 Å². The minimum atomic E-state index is -0.349. The molecule has 2 amide bonds. The molecule has 2 aromatic carbocycles.